The van der Waals surface area contributed by atoms with E-state index in [1.807, 2.05) is 19.2 Å². The van der Waals surface area contributed by atoms with Gasteiger partial charge in [-0.2, -0.15) is 13.5 Å². The van der Waals surface area contributed by atoms with Crippen LogP contribution in [0.1, 0.15) is 44.6 Å². The fourth-order valence-corrected chi connectivity index (χ4v) is 5.20. The van der Waals surface area contributed by atoms with Crippen LogP contribution in [-0.2, 0) is 16.4 Å². The van der Waals surface area contributed by atoms with Crippen molar-refractivity contribution < 1.29 is 8.42 Å². The molecule has 0 saturated heterocycles. The van der Waals surface area contributed by atoms with Crippen LogP contribution in [0.15, 0.2) is 32.6 Å². The number of nitrogens with one attached hydrogen (secondary N) is 2. The van der Waals surface area contributed by atoms with Gasteiger partial charge < -0.3 is 10.6 Å². The Morgan fingerprint density at radius 1 is 1.33 bits per heavy atom. The molecule has 1 saturated carbocycles. The van der Waals surface area contributed by atoms with Crippen LogP contribution >= 0.6 is 0 Å². The van der Waals surface area contributed by atoms with Crippen molar-refractivity contribution in [2.75, 3.05) is 25.0 Å². The number of nitrogens with zero attached hydrogens (tertiary/aromatic N) is 3. The molecule has 4 rings (SSSR count). The van der Waals surface area contributed by atoms with Crippen LogP contribution in [0.3, 0.4) is 0 Å². The first-order valence-electron chi connectivity index (χ1n) is 9.80. The summed E-state index contributed by atoms with van der Waals surface area (Å²) in [6, 6.07) is 5.17. The predicted molar refractivity (Wildman–Crippen MR) is 108 cm³/mol. The van der Waals surface area contributed by atoms with Crippen LogP contribution < -0.4 is 10.6 Å². The maximum absolute atomic E-state index is 12.9. The first kappa shape index (κ1) is 18.3. The summed E-state index contributed by atoms with van der Waals surface area (Å²) in [6.45, 7) is 4.05. The van der Waals surface area contributed by atoms with Crippen molar-refractivity contribution in [1.29, 1.82) is 0 Å². The zero-order valence-corrected chi connectivity index (χ0v) is 16.6. The van der Waals surface area contributed by atoms with Gasteiger partial charge in [-0.25, -0.2) is 5.01 Å². The van der Waals surface area contributed by atoms with Crippen molar-refractivity contribution in [2.24, 2.45) is 14.9 Å². The molecule has 1 aromatic carbocycles. The first-order chi connectivity index (χ1) is 13.0. The molecule has 0 bridgehead atoms. The molecule has 1 fully saturated rings. The third-order valence-corrected chi connectivity index (χ3v) is 6.92. The fourth-order valence-electron chi connectivity index (χ4n) is 4.18. The van der Waals surface area contributed by atoms with Crippen molar-refractivity contribution in [2.45, 2.75) is 50.3 Å². The van der Waals surface area contributed by atoms with Crippen LogP contribution in [0.2, 0.25) is 0 Å². The van der Waals surface area contributed by atoms with Gasteiger partial charge in [0.25, 0.3) is 10.0 Å². The van der Waals surface area contributed by atoms with E-state index in [2.05, 4.69) is 20.1 Å². The normalized spacial score (nSPS) is 21.4. The predicted octanol–water partition coefficient (Wildman–Crippen LogP) is 2.56. The standard InChI is InChI=1S/C19H27N5O2S/c1-2-20-18(24-14-19(13-22-24)9-4-3-5-10-19)23-27(25,26)16-6-7-17-15(12-16)8-11-21-17/h6-7,12-13,21H,2-5,8-11,14H2,1H3,(H,20,23). The number of anilines is 1. The number of sulfonamides is 1. The van der Waals surface area contributed by atoms with E-state index in [9.17, 15) is 8.42 Å². The molecule has 3 aliphatic rings. The Balaban J connectivity index is 1.59. The molecular weight excluding hydrogens is 362 g/mol. The van der Waals surface area contributed by atoms with E-state index in [-0.39, 0.29) is 10.3 Å². The first-order valence-corrected chi connectivity index (χ1v) is 11.2. The zero-order valence-electron chi connectivity index (χ0n) is 15.7. The molecule has 2 heterocycles. The Kier molecular flexibility index (Phi) is 4.84. The highest BCUT2D eigenvalue weighted by Crippen LogP contribution is 2.38. The molecule has 0 aromatic heterocycles. The van der Waals surface area contributed by atoms with Gasteiger partial charge in [0.1, 0.15) is 0 Å². The van der Waals surface area contributed by atoms with E-state index >= 15 is 0 Å². The van der Waals surface area contributed by atoms with Crippen LogP contribution in [0, 0.1) is 5.41 Å². The third kappa shape index (κ3) is 3.67. The molecule has 8 heteroatoms. The van der Waals surface area contributed by atoms with E-state index in [1.165, 1.54) is 19.3 Å². The van der Waals surface area contributed by atoms with Gasteiger partial charge in [0.2, 0.25) is 5.96 Å². The minimum atomic E-state index is -3.80. The highest BCUT2D eigenvalue weighted by Gasteiger charge is 2.38. The van der Waals surface area contributed by atoms with Crippen LogP contribution in [0.25, 0.3) is 0 Å². The molecular formula is C19H27N5O2S. The quantitative estimate of drug-likeness (QED) is 0.613. The van der Waals surface area contributed by atoms with Gasteiger partial charge in [0, 0.05) is 30.4 Å². The summed E-state index contributed by atoms with van der Waals surface area (Å²) in [5.74, 6) is 0.315. The molecule has 1 aromatic rings. The maximum Gasteiger partial charge on any atom is 0.285 e. The largest absolute Gasteiger partial charge is 0.384 e. The molecule has 0 amide bonds. The van der Waals surface area contributed by atoms with E-state index in [0.29, 0.717) is 19.0 Å². The number of hydrogen-bond donors (Lipinski definition) is 2. The van der Waals surface area contributed by atoms with Crippen molar-refractivity contribution in [1.82, 2.24) is 10.3 Å². The number of guanidine groups is 1. The number of fused-ring (bicyclic) bond motifs is 1. The average Bonchev–Trinajstić information content (AvgIpc) is 3.28. The summed E-state index contributed by atoms with van der Waals surface area (Å²) in [5, 5.41) is 12.6. The van der Waals surface area contributed by atoms with Crippen LogP contribution in [-0.4, -0.2) is 45.2 Å². The van der Waals surface area contributed by atoms with Crippen molar-refractivity contribution >= 4 is 27.9 Å². The second kappa shape index (κ2) is 7.14. The zero-order chi connectivity index (χ0) is 18.9. The maximum atomic E-state index is 12.9. The molecule has 2 N–H and O–H groups in total. The van der Waals surface area contributed by atoms with Gasteiger partial charge in [0.05, 0.1) is 11.4 Å². The summed E-state index contributed by atoms with van der Waals surface area (Å²) in [7, 11) is -3.80. The van der Waals surface area contributed by atoms with E-state index in [4.69, 9.17) is 0 Å². The molecule has 0 radical (unpaired) electrons. The summed E-state index contributed by atoms with van der Waals surface area (Å²) in [6.07, 6.45) is 8.73. The second-order valence-corrected chi connectivity index (χ2v) is 9.25. The van der Waals surface area contributed by atoms with E-state index in [0.717, 1.165) is 37.1 Å². The summed E-state index contributed by atoms with van der Waals surface area (Å²) in [4.78, 5) is 0.232. The average molecular weight is 390 g/mol. The molecule has 27 heavy (non-hydrogen) atoms. The Morgan fingerprint density at radius 2 is 2.15 bits per heavy atom. The Morgan fingerprint density at radius 3 is 2.93 bits per heavy atom. The highest BCUT2D eigenvalue weighted by molar-refractivity contribution is 7.90. The van der Waals surface area contributed by atoms with Gasteiger partial charge in [-0.05, 0) is 49.9 Å². The van der Waals surface area contributed by atoms with Crippen molar-refractivity contribution in [3.63, 3.8) is 0 Å². The van der Waals surface area contributed by atoms with Gasteiger partial charge >= 0.3 is 0 Å². The number of rotatable bonds is 3. The molecule has 0 atom stereocenters. The molecule has 146 valence electrons. The van der Waals surface area contributed by atoms with Crippen molar-refractivity contribution in [3.05, 3.63) is 23.8 Å². The Bertz CT molecular complexity index is 872. The minimum absolute atomic E-state index is 0.0669. The molecule has 1 aliphatic carbocycles. The lowest BCUT2D eigenvalue weighted by atomic mass is 9.75. The van der Waals surface area contributed by atoms with Gasteiger partial charge in [0.15, 0.2) is 0 Å². The molecule has 2 aliphatic heterocycles. The number of benzene rings is 1. The SMILES string of the molecule is CCN/C(=N\S(=O)(=O)c1ccc2c(c1)CCN2)N1CC2(C=N1)CCCCC2. The van der Waals surface area contributed by atoms with Gasteiger partial charge in [-0.15, -0.1) is 4.40 Å². The number of hydrazone groups is 1. The van der Waals surface area contributed by atoms with Gasteiger partial charge in [-0.3, -0.25) is 0 Å². The lowest BCUT2D eigenvalue weighted by molar-refractivity contribution is 0.253. The van der Waals surface area contributed by atoms with Crippen molar-refractivity contribution in [3.8, 4) is 0 Å². The highest BCUT2D eigenvalue weighted by atomic mass is 32.2. The second-order valence-electron chi connectivity index (χ2n) is 7.64. The molecule has 1 spiro atoms. The fraction of sp³-hybridized carbons (Fsp3) is 0.579. The molecule has 0 unspecified atom stereocenters. The van der Waals surface area contributed by atoms with Crippen LogP contribution in [0.4, 0.5) is 5.69 Å². The summed E-state index contributed by atoms with van der Waals surface area (Å²) < 4.78 is 30.0. The van der Waals surface area contributed by atoms with E-state index in [1.54, 1.807) is 17.1 Å². The summed E-state index contributed by atoms with van der Waals surface area (Å²) >= 11 is 0. The third-order valence-electron chi connectivity index (χ3n) is 5.66. The number of hydrogen-bond acceptors (Lipinski definition) is 4. The van der Waals surface area contributed by atoms with Gasteiger partial charge in [-0.1, -0.05) is 19.3 Å². The lowest BCUT2D eigenvalue weighted by Crippen LogP contribution is -2.41. The monoisotopic (exact) mass is 389 g/mol. The molecule has 7 nitrogen and oxygen atoms in total. The topological polar surface area (TPSA) is 86.2 Å². The Hall–Kier alpha value is -2.09. The Labute approximate surface area is 161 Å². The summed E-state index contributed by atoms with van der Waals surface area (Å²) in [5.41, 5.74) is 2.10. The smallest absolute Gasteiger partial charge is 0.285 e. The van der Waals surface area contributed by atoms with Crippen LogP contribution in [0.5, 0.6) is 0 Å². The van der Waals surface area contributed by atoms with E-state index < -0.39 is 10.0 Å². The minimum Gasteiger partial charge on any atom is -0.384 e. The lowest BCUT2D eigenvalue weighted by Gasteiger charge is -2.31.